The summed E-state index contributed by atoms with van der Waals surface area (Å²) in [6.45, 7) is 0. The number of hydrogen-bond acceptors (Lipinski definition) is 4. The first kappa shape index (κ1) is 13.2. The molecule has 2 heterocycles. The van der Waals surface area contributed by atoms with Crippen molar-refractivity contribution in [2.45, 2.75) is 0 Å². The number of aromatic carboxylic acids is 1. The number of carboxylic acids is 1. The summed E-state index contributed by atoms with van der Waals surface area (Å²) in [5.41, 5.74) is 0.542. The van der Waals surface area contributed by atoms with E-state index in [1.807, 2.05) is 0 Å². The van der Waals surface area contributed by atoms with Gasteiger partial charge in [-0.25, -0.2) is 9.78 Å². The average molecular weight is 322 g/mol. The molecule has 2 aromatic rings. The van der Waals surface area contributed by atoms with Crippen LogP contribution in [0.25, 0.3) is 0 Å². The Labute approximate surface area is 116 Å². The summed E-state index contributed by atoms with van der Waals surface area (Å²) in [4.78, 5) is 30.2. The minimum Gasteiger partial charge on any atom is -0.477 e. The average Bonchev–Trinajstić information content (AvgIpc) is 2.39. The maximum atomic E-state index is 11.9. The highest BCUT2D eigenvalue weighted by Gasteiger charge is 2.11. The lowest BCUT2D eigenvalue weighted by Gasteiger charge is -2.05. The van der Waals surface area contributed by atoms with Crippen LogP contribution in [0.15, 0.2) is 41.3 Å². The largest absolute Gasteiger partial charge is 0.477 e. The van der Waals surface area contributed by atoms with Crippen molar-refractivity contribution in [3.05, 3.63) is 52.5 Å². The summed E-state index contributed by atoms with van der Waals surface area (Å²) in [6, 6.07) is 4.33. The molecule has 2 aromatic heterocycles. The number of anilines is 1. The van der Waals surface area contributed by atoms with E-state index in [2.05, 4.69) is 31.2 Å². The smallest absolute Gasteiger partial charge is 0.354 e. The Balaban J connectivity index is 2.20. The van der Waals surface area contributed by atoms with Crippen LogP contribution >= 0.6 is 15.9 Å². The normalized spacial score (nSPS) is 9.95. The van der Waals surface area contributed by atoms with Gasteiger partial charge in [0.15, 0.2) is 0 Å². The number of carboxylic acid groups (broad SMARTS) is 1. The minimum absolute atomic E-state index is 0.181. The van der Waals surface area contributed by atoms with E-state index >= 15 is 0 Å². The van der Waals surface area contributed by atoms with Gasteiger partial charge in [-0.1, -0.05) is 0 Å². The third kappa shape index (κ3) is 3.35. The number of carbonyl (C=O) groups is 2. The van der Waals surface area contributed by atoms with Crippen LogP contribution in [-0.4, -0.2) is 27.0 Å². The lowest BCUT2D eigenvalue weighted by atomic mass is 10.2. The Morgan fingerprint density at radius 3 is 2.74 bits per heavy atom. The zero-order valence-corrected chi connectivity index (χ0v) is 11.1. The van der Waals surface area contributed by atoms with E-state index in [0.717, 1.165) is 4.47 Å². The standard InChI is InChI=1S/C12H8BrN3O3/c13-8-4-9(6-14-5-8)16-11(17)7-1-2-15-10(3-7)12(18)19/h1-6H,(H,16,17)(H,18,19). The van der Waals surface area contributed by atoms with Gasteiger partial charge >= 0.3 is 5.97 Å². The van der Waals surface area contributed by atoms with Gasteiger partial charge in [-0.2, -0.15) is 0 Å². The predicted molar refractivity (Wildman–Crippen MR) is 71.1 cm³/mol. The Hall–Kier alpha value is -2.28. The molecular weight excluding hydrogens is 314 g/mol. The fraction of sp³-hybridized carbons (Fsp3) is 0. The molecule has 96 valence electrons. The number of aromatic nitrogens is 2. The van der Waals surface area contributed by atoms with Gasteiger partial charge in [-0.15, -0.1) is 0 Å². The lowest BCUT2D eigenvalue weighted by Crippen LogP contribution is -2.13. The molecule has 2 rings (SSSR count). The van der Waals surface area contributed by atoms with E-state index in [1.165, 1.54) is 24.5 Å². The van der Waals surface area contributed by atoms with Gasteiger partial charge in [0.1, 0.15) is 5.69 Å². The number of pyridine rings is 2. The van der Waals surface area contributed by atoms with Crippen molar-refractivity contribution in [1.29, 1.82) is 0 Å². The zero-order valence-electron chi connectivity index (χ0n) is 9.50. The monoisotopic (exact) mass is 321 g/mol. The Morgan fingerprint density at radius 1 is 1.26 bits per heavy atom. The molecule has 6 nitrogen and oxygen atoms in total. The third-order valence-corrected chi connectivity index (χ3v) is 2.64. The molecule has 0 aliphatic carbocycles. The van der Waals surface area contributed by atoms with E-state index in [9.17, 15) is 9.59 Å². The summed E-state index contributed by atoms with van der Waals surface area (Å²) in [5.74, 6) is -1.61. The Bertz CT molecular complexity index is 646. The second kappa shape index (κ2) is 5.57. The quantitative estimate of drug-likeness (QED) is 0.904. The second-order valence-corrected chi connectivity index (χ2v) is 4.50. The minimum atomic E-state index is -1.18. The van der Waals surface area contributed by atoms with Crippen LogP contribution in [0, 0.1) is 0 Å². The SMILES string of the molecule is O=C(Nc1cncc(Br)c1)c1ccnc(C(=O)O)c1. The molecule has 0 atom stereocenters. The Kier molecular flexibility index (Phi) is 3.86. The van der Waals surface area contributed by atoms with Gasteiger partial charge in [0, 0.05) is 22.4 Å². The van der Waals surface area contributed by atoms with Gasteiger partial charge in [-0.05, 0) is 34.1 Å². The van der Waals surface area contributed by atoms with E-state index in [-0.39, 0.29) is 11.3 Å². The van der Waals surface area contributed by atoms with Crippen LogP contribution < -0.4 is 5.32 Å². The topological polar surface area (TPSA) is 92.2 Å². The van der Waals surface area contributed by atoms with E-state index < -0.39 is 11.9 Å². The van der Waals surface area contributed by atoms with Gasteiger partial charge in [0.2, 0.25) is 0 Å². The van der Waals surface area contributed by atoms with Crippen molar-refractivity contribution in [3.63, 3.8) is 0 Å². The fourth-order valence-corrected chi connectivity index (χ4v) is 1.74. The summed E-state index contributed by atoms with van der Waals surface area (Å²) in [6.07, 6.45) is 4.35. The van der Waals surface area contributed by atoms with E-state index in [1.54, 1.807) is 12.3 Å². The second-order valence-electron chi connectivity index (χ2n) is 3.58. The number of carbonyl (C=O) groups excluding carboxylic acids is 1. The molecule has 0 aliphatic heterocycles. The molecule has 0 unspecified atom stereocenters. The van der Waals surface area contributed by atoms with Crippen molar-refractivity contribution >= 4 is 33.5 Å². The van der Waals surface area contributed by atoms with Crippen molar-refractivity contribution in [2.75, 3.05) is 5.32 Å². The van der Waals surface area contributed by atoms with Crippen LogP contribution in [0.1, 0.15) is 20.8 Å². The van der Waals surface area contributed by atoms with E-state index in [0.29, 0.717) is 5.69 Å². The molecule has 0 bridgehead atoms. The highest BCUT2D eigenvalue weighted by atomic mass is 79.9. The molecular formula is C12H8BrN3O3. The van der Waals surface area contributed by atoms with Crippen LogP contribution in [0.3, 0.4) is 0 Å². The van der Waals surface area contributed by atoms with Gasteiger partial charge < -0.3 is 10.4 Å². The number of hydrogen-bond donors (Lipinski definition) is 2. The van der Waals surface area contributed by atoms with Gasteiger partial charge in [0.25, 0.3) is 5.91 Å². The summed E-state index contributed by atoms with van der Waals surface area (Å²) in [5, 5.41) is 11.4. The van der Waals surface area contributed by atoms with Crippen LogP contribution in [0.5, 0.6) is 0 Å². The first-order chi connectivity index (χ1) is 9.06. The maximum Gasteiger partial charge on any atom is 0.354 e. The number of nitrogens with zero attached hydrogens (tertiary/aromatic N) is 2. The molecule has 0 spiro atoms. The summed E-state index contributed by atoms with van der Waals surface area (Å²) in [7, 11) is 0. The zero-order chi connectivity index (χ0) is 13.8. The molecule has 0 radical (unpaired) electrons. The highest BCUT2D eigenvalue weighted by molar-refractivity contribution is 9.10. The van der Waals surface area contributed by atoms with Gasteiger partial charge in [0.05, 0.1) is 11.9 Å². The summed E-state index contributed by atoms with van der Waals surface area (Å²) < 4.78 is 0.728. The summed E-state index contributed by atoms with van der Waals surface area (Å²) >= 11 is 3.24. The molecule has 19 heavy (non-hydrogen) atoms. The van der Waals surface area contributed by atoms with Gasteiger partial charge in [-0.3, -0.25) is 9.78 Å². The highest BCUT2D eigenvalue weighted by Crippen LogP contribution is 2.14. The molecule has 2 N–H and O–H groups in total. The molecule has 0 saturated carbocycles. The first-order valence-corrected chi connectivity index (χ1v) is 5.97. The van der Waals surface area contributed by atoms with Crippen molar-refractivity contribution in [3.8, 4) is 0 Å². The Morgan fingerprint density at radius 2 is 2.05 bits per heavy atom. The van der Waals surface area contributed by atoms with E-state index in [4.69, 9.17) is 5.11 Å². The van der Waals surface area contributed by atoms with Crippen molar-refractivity contribution in [2.24, 2.45) is 0 Å². The molecule has 7 heteroatoms. The number of amides is 1. The first-order valence-electron chi connectivity index (χ1n) is 5.17. The van der Waals surface area contributed by atoms with Crippen LogP contribution in [0.4, 0.5) is 5.69 Å². The molecule has 0 aliphatic rings. The van der Waals surface area contributed by atoms with Crippen LogP contribution in [0.2, 0.25) is 0 Å². The number of rotatable bonds is 3. The third-order valence-electron chi connectivity index (χ3n) is 2.20. The van der Waals surface area contributed by atoms with Crippen molar-refractivity contribution in [1.82, 2.24) is 9.97 Å². The van der Waals surface area contributed by atoms with Crippen molar-refractivity contribution < 1.29 is 14.7 Å². The molecule has 1 amide bonds. The van der Waals surface area contributed by atoms with Crippen LogP contribution in [-0.2, 0) is 0 Å². The predicted octanol–water partition coefficient (Wildman–Crippen LogP) is 2.19. The lowest BCUT2D eigenvalue weighted by molar-refractivity contribution is 0.0690. The fourth-order valence-electron chi connectivity index (χ4n) is 1.37. The molecule has 0 fully saturated rings. The number of halogens is 1. The molecule has 0 saturated heterocycles. The molecule has 0 aromatic carbocycles. The maximum absolute atomic E-state index is 11.9. The number of nitrogens with one attached hydrogen (secondary N) is 1.